The maximum Gasteiger partial charge on any atom is 0.365 e. The average Bonchev–Trinajstić information content (AvgIpc) is 3.27. The number of likely N-dealkylation sites (tertiary alicyclic amines) is 1. The number of rotatable bonds is 12. The van der Waals surface area contributed by atoms with Crippen molar-refractivity contribution in [2.75, 3.05) is 26.2 Å². The number of halogens is 1. The Balaban J connectivity index is 0.000000437. The van der Waals surface area contributed by atoms with Crippen molar-refractivity contribution in [3.63, 3.8) is 0 Å². The van der Waals surface area contributed by atoms with Gasteiger partial charge in [-0.05, 0) is 41.7 Å². The zero-order valence-corrected chi connectivity index (χ0v) is 23.8. The highest BCUT2D eigenvalue weighted by molar-refractivity contribution is 14.1. The second-order valence-corrected chi connectivity index (χ2v) is 10.9. The number of nitrogens with zero attached hydrogens (tertiary/aromatic N) is 1. The molecule has 0 spiro atoms. The molecule has 34 heavy (non-hydrogen) atoms. The number of hydrogen-bond acceptors (Lipinski definition) is 5. The molecule has 8 heteroatoms. The lowest BCUT2D eigenvalue weighted by atomic mass is 10.1. The molecule has 1 heterocycles. The average molecular weight is 606 g/mol. The Labute approximate surface area is 220 Å². The normalized spacial score (nSPS) is 15.4. The van der Waals surface area contributed by atoms with E-state index in [9.17, 15) is 17.8 Å². The largest absolute Gasteiger partial charge is 0.744 e. The summed E-state index contributed by atoms with van der Waals surface area (Å²) < 4.78 is 40.7. The number of ether oxygens (including phenoxy) is 1. The van der Waals surface area contributed by atoms with Gasteiger partial charge >= 0.3 is 5.97 Å². The van der Waals surface area contributed by atoms with Crippen LogP contribution in [-0.2, 0) is 19.6 Å². The minimum absolute atomic E-state index is 0.0131. The minimum Gasteiger partial charge on any atom is -0.744 e. The summed E-state index contributed by atoms with van der Waals surface area (Å²) >= 11 is 2.10. The molecule has 1 aliphatic heterocycles. The smallest absolute Gasteiger partial charge is 0.365 e. The number of unbranched alkanes of at least 4 members (excludes halogenated alkanes) is 4. The third-order valence-corrected chi connectivity index (χ3v) is 7.46. The first kappa shape index (κ1) is 30.9. The first-order chi connectivity index (χ1) is 16.2. The molecule has 1 aliphatic rings. The lowest BCUT2D eigenvalue weighted by Gasteiger charge is -2.38. The number of carbonyl (C=O) groups excluding carboxylic acids is 1. The molecule has 0 N–H and O–H groups in total. The molecule has 1 atom stereocenters. The Kier molecular flexibility index (Phi) is 15.0. The van der Waals surface area contributed by atoms with Gasteiger partial charge in [-0.3, -0.25) is 0 Å². The van der Waals surface area contributed by atoms with Crippen molar-refractivity contribution in [3.05, 3.63) is 29.8 Å². The molecule has 1 unspecified atom stereocenters. The third kappa shape index (κ3) is 11.1. The van der Waals surface area contributed by atoms with Gasteiger partial charge in [0.2, 0.25) is 0 Å². The molecule has 1 fully saturated rings. The van der Waals surface area contributed by atoms with Gasteiger partial charge in [0, 0.05) is 41.9 Å². The van der Waals surface area contributed by atoms with Crippen LogP contribution in [0.3, 0.4) is 0 Å². The second-order valence-electron chi connectivity index (χ2n) is 8.96. The standard InChI is InChI=1S/C19H33INO2.C7H8O3S/c1-3-5-7-10-17-23-19(22)18(12-6-4-2)21(16-11-13-20)14-8-9-15-21;1-6-2-4-7(5-3-6)11(8,9)10/h18H,3-10,12,14-17H2,1-2H3;2-5H,1H3,(H,8,9,10)/q+1;/p-1. The van der Waals surface area contributed by atoms with E-state index in [1.807, 2.05) is 6.92 Å². The zero-order valence-electron chi connectivity index (χ0n) is 20.9. The van der Waals surface area contributed by atoms with Crippen LogP contribution in [0.5, 0.6) is 0 Å². The van der Waals surface area contributed by atoms with E-state index < -0.39 is 10.1 Å². The summed E-state index contributed by atoms with van der Waals surface area (Å²) in [6.07, 6.45) is 10.1. The van der Waals surface area contributed by atoms with Crippen molar-refractivity contribution in [2.24, 2.45) is 0 Å². The fourth-order valence-electron chi connectivity index (χ4n) is 4.25. The van der Waals surface area contributed by atoms with Crippen molar-refractivity contribution in [2.45, 2.75) is 89.5 Å². The van der Waals surface area contributed by atoms with E-state index in [0.29, 0.717) is 6.61 Å². The fraction of sp³-hybridized carbons (Fsp3) is 0.654. The molecular formula is C26H40INO5S. The Morgan fingerprint density at radius 2 is 1.71 bits per heavy atom. The zero-order chi connectivity index (χ0) is 25.5. The number of hydrogen-bond donors (Lipinski definition) is 0. The van der Waals surface area contributed by atoms with E-state index in [0.717, 1.165) is 61.8 Å². The van der Waals surface area contributed by atoms with Gasteiger partial charge in [-0.15, -0.1) is 0 Å². The molecule has 0 saturated carbocycles. The highest BCUT2D eigenvalue weighted by Crippen LogP contribution is 2.27. The Bertz CT molecular complexity index is 884. The van der Waals surface area contributed by atoms with Crippen LogP contribution in [0.1, 0.15) is 77.2 Å². The Hall–Kier alpha value is -1.15. The first-order valence-corrected chi connectivity index (χ1v) is 14.8. The van der Waals surface area contributed by atoms with E-state index in [1.54, 1.807) is 12.1 Å². The van der Waals surface area contributed by atoms with Crippen LogP contribution in [0.15, 0.2) is 29.2 Å². The van der Waals surface area contributed by atoms with E-state index >= 15 is 0 Å². The van der Waals surface area contributed by atoms with Crippen molar-refractivity contribution in [3.8, 4) is 9.85 Å². The summed E-state index contributed by atoms with van der Waals surface area (Å²) in [5, 5.41) is 0. The Morgan fingerprint density at radius 1 is 1.09 bits per heavy atom. The van der Waals surface area contributed by atoms with Gasteiger partial charge in [0.1, 0.15) is 16.7 Å². The van der Waals surface area contributed by atoms with E-state index in [2.05, 4.69) is 46.3 Å². The number of benzene rings is 1. The van der Waals surface area contributed by atoms with E-state index in [1.165, 1.54) is 37.8 Å². The van der Waals surface area contributed by atoms with Gasteiger partial charge in [0.05, 0.1) is 24.6 Å². The van der Waals surface area contributed by atoms with Gasteiger partial charge in [0.25, 0.3) is 0 Å². The molecule has 1 aromatic carbocycles. The van der Waals surface area contributed by atoms with Gasteiger partial charge in [0.15, 0.2) is 6.04 Å². The van der Waals surface area contributed by atoms with Gasteiger partial charge in [-0.25, -0.2) is 13.2 Å². The summed E-state index contributed by atoms with van der Waals surface area (Å²) in [6, 6.07) is 5.77. The number of aryl methyl sites for hydroxylation is 1. The lowest BCUT2D eigenvalue weighted by Crippen LogP contribution is -2.57. The lowest BCUT2D eigenvalue weighted by molar-refractivity contribution is -0.926. The number of quaternary nitrogens is 1. The molecule has 192 valence electrons. The highest BCUT2D eigenvalue weighted by atomic mass is 127. The quantitative estimate of drug-likeness (QED) is 0.0777. The summed E-state index contributed by atoms with van der Waals surface area (Å²) in [5.74, 6) is 3.25. The van der Waals surface area contributed by atoms with Crippen LogP contribution in [0.4, 0.5) is 0 Å². The fourth-order valence-corrected chi connectivity index (χ4v) is 4.89. The molecular weight excluding hydrogens is 565 g/mol. The molecule has 2 rings (SSSR count). The predicted molar refractivity (Wildman–Crippen MR) is 143 cm³/mol. The van der Waals surface area contributed by atoms with Gasteiger partial charge in [-0.2, -0.15) is 0 Å². The Morgan fingerprint density at radius 3 is 2.24 bits per heavy atom. The molecule has 1 saturated heterocycles. The maximum atomic E-state index is 12.7. The first-order valence-electron chi connectivity index (χ1n) is 12.3. The van der Waals surface area contributed by atoms with Crippen LogP contribution in [0.25, 0.3) is 0 Å². The van der Waals surface area contributed by atoms with E-state index in [-0.39, 0.29) is 16.9 Å². The van der Waals surface area contributed by atoms with E-state index in [4.69, 9.17) is 4.74 Å². The number of esters is 1. The van der Waals surface area contributed by atoms with Crippen LogP contribution in [-0.4, -0.2) is 55.7 Å². The monoisotopic (exact) mass is 605 g/mol. The minimum atomic E-state index is -4.27. The van der Waals surface area contributed by atoms with Crippen molar-refractivity contribution in [1.29, 1.82) is 0 Å². The van der Waals surface area contributed by atoms with Crippen molar-refractivity contribution in [1.82, 2.24) is 0 Å². The molecule has 0 bridgehead atoms. The molecule has 0 aromatic heterocycles. The molecule has 6 nitrogen and oxygen atoms in total. The number of carbonyl (C=O) groups is 1. The third-order valence-electron chi connectivity index (χ3n) is 6.23. The van der Waals surface area contributed by atoms with Crippen molar-refractivity contribution >= 4 is 38.7 Å². The summed E-state index contributed by atoms with van der Waals surface area (Å²) in [6.45, 7) is 9.73. The van der Waals surface area contributed by atoms with Gasteiger partial charge < -0.3 is 13.8 Å². The van der Waals surface area contributed by atoms with Crippen LogP contribution >= 0.6 is 22.6 Å². The molecule has 0 radical (unpaired) electrons. The van der Waals surface area contributed by atoms with Crippen molar-refractivity contribution < 1.29 is 27.0 Å². The predicted octanol–water partition coefficient (Wildman–Crippen LogP) is 5.57. The maximum absolute atomic E-state index is 12.7. The summed E-state index contributed by atoms with van der Waals surface area (Å²) in [7, 11) is -4.27. The van der Waals surface area contributed by atoms with Gasteiger partial charge in [-0.1, -0.05) is 57.2 Å². The summed E-state index contributed by atoms with van der Waals surface area (Å²) in [4.78, 5) is 12.6. The SMILES string of the molecule is CCCCCCOC(=O)C(CCCC)[N+]1(CC#CI)CCCC1.Cc1ccc(S(=O)(=O)[O-])cc1. The summed E-state index contributed by atoms with van der Waals surface area (Å²) in [5.41, 5.74) is 0.928. The van der Waals surface area contributed by atoms with Crippen LogP contribution < -0.4 is 0 Å². The second kappa shape index (κ2) is 16.5. The van der Waals surface area contributed by atoms with Crippen LogP contribution in [0.2, 0.25) is 0 Å². The van der Waals surface area contributed by atoms with Crippen LogP contribution in [0, 0.1) is 16.8 Å². The highest BCUT2D eigenvalue weighted by Gasteiger charge is 2.44. The topological polar surface area (TPSA) is 83.5 Å². The molecule has 0 amide bonds. The molecule has 0 aliphatic carbocycles. The molecule has 1 aromatic rings.